The van der Waals surface area contributed by atoms with E-state index < -0.39 is 0 Å². The minimum absolute atomic E-state index is 0.631. The van der Waals surface area contributed by atoms with Crippen LogP contribution in [0.25, 0.3) is 0 Å². The highest BCUT2D eigenvalue weighted by Crippen LogP contribution is 2.38. The van der Waals surface area contributed by atoms with Crippen molar-refractivity contribution in [2.45, 2.75) is 38.6 Å². The number of hydrogen-bond acceptors (Lipinski definition) is 1. The molecule has 3 rings (SSSR count). The zero-order chi connectivity index (χ0) is 13.2. The zero-order valence-corrected chi connectivity index (χ0v) is 11.7. The highest BCUT2D eigenvalue weighted by Gasteiger charge is 2.30. The van der Waals surface area contributed by atoms with Crippen LogP contribution < -0.4 is 5.32 Å². The maximum absolute atomic E-state index is 3.66. The van der Waals surface area contributed by atoms with Gasteiger partial charge in [-0.25, -0.2) is 0 Å². The third-order valence-electron chi connectivity index (χ3n) is 4.16. The summed E-state index contributed by atoms with van der Waals surface area (Å²) in [6.45, 7) is 4.34. The first-order valence-corrected chi connectivity index (χ1v) is 7.11. The maximum atomic E-state index is 3.66. The normalized spacial score (nSPS) is 21.8. The molecular weight excluding hydrogens is 230 g/mol. The second-order valence-corrected chi connectivity index (χ2v) is 5.74. The summed E-state index contributed by atoms with van der Waals surface area (Å²) in [6.07, 6.45) is 2.50. The Morgan fingerprint density at radius 3 is 2.47 bits per heavy atom. The van der Waals surface area contributed by atoms with Crippen LogP contribution in [0.5, 0.6) is 0 Å². The van der Waals surface area contributed by atoms with E-state index in [0.29, 0.717) is 6.04 Å². The number of anilines is 1. The van der Waals surface area contributed by atoms with E-state index in [1.807, 2.05) is 0 Å². The molecule has 0 aromatic heterocycles. The van der Waals surface area contributed by atoms with Crippen molar-refractivity contribution in [3.05, 3.63) is 65.2 Å². The monoisotopic (exact) mass is 251 g/mol. The van der Waals surface area contributed by atoms with Gasteiger partial charge < -0.3 is 5.32 Å². The average Bonchev–Trinajstić information content (AvgIpc) is 2.35. The standard InChI is InChI=1S/C18H21N/c1-13-6-5-8-15(10-13)16-11-17(12-16)19-18-9-4-3-7-14(18)2/h3-10,16-17,19H,11-12H2,1-2H3. The van der Waals surface area contributed by atoms with Gasteiger partial charge in [-0.2, -0.15) is 0 Å². The molecule has 98 valence electrons. The fourth-order valence-corrected chi connectivity index (χ4v) is 2.89. The summed E-state index contributed by atoms with van der Waals surface area (Å²) in [7, 11) is 0. The van der Waals surface area contributed by atoms with Crippen LogP contribution in [-0.4, -0.2) is 6.04 Å². The van der Waals surface area contributed by atoms with Gasteiger partial charge in [0.25, 0.3) is 0 Å². The Kier molecular flexibility index (Phi) is 3.29. The lowest BCUT2D eigenvalue weighted by Crippen LogP contribution is -2.34. The molecule has 19 heavy (non-hydrogen) atoms. The smallest absolute Gasteiger partial charge is 0.0372 e. The maximum Gasteiger partial charge on any atom is 0.0372 e. The van der Waals surface area contributed by atoms with Crippen molar-refractivity contribution in [1.29, 1.82) is 0 Å². The molecule has 1 aliphatic carbocycles. The van der Waals surface area contributed by atoms with Gasteiger partial charge in [-0.3, -0.25) is 0 Å². The predicted octanol–water partition coefficient (Wildman–Crippen LogP) is 4.66. The van der Waals surface area contributed by atoms with E-state index >= 15 is 0 Å². The molecule has 0 amide bonds. The Labute approximate surface area is 115 Å². The van der Waals surface area contributed by atoms with Gasteiger partial charge in [0.15, 0.2) is 0 Å². The lowest BCUT2D eigenvalue weighted by atomic mass is 9.75. The first-order chi connectivity index (χ1) is 9.22. The van der Waals surface area contributed by atoms with E-state index in [1.54, 1.807) is 0 Å². The fraction of sp³-hybridized carbons (Fsp3) is 0.333. The summed E-state index contributed by atoms with van der Waals surface area (Å²) in [6, 6.07) is 18.1. The van der Waals surface area contributed by atoms with E-state index in [4.69, 9.17) is 0 Å². The highest BCUT2D eigenvalue weighted by atomic mass is 14.9. The Balaban J connectivity index is 1.60. The number of nitrogens with one attached hydrogen (secondary N) is 1. The van der Waals surface area contributed by atoms with E-state index in [2.05, 4.69) is 67.7 Å². The Bertz CT molecular complexity index is 567. The number of para-hydroxylation sites is 1. The van der Waals surface area contributed by atoms with E-state index in [-0.39, 0.29) is 0 Å². The zero-order valence-electron chi connectivity index (χ0n) is 11.7. The van der Waals surface area contributed by atoms with Crippen LogP contribution >= 0.6 is 0 Å². The predicted molar refractivity (Wildman–Crippen MR) is 81.7 cm³/mol. The van der Waals surface area contributed by atoms with Crippen molar-refractivity contribution < 1.29 is 0 Å². The third kappa shape index (κ3) is 2.65. The van der Waals surface area contributed by atoms with E-state index in [1.165, 1.54) is 35.2 Å². The van der Waals surface area contributed by atoms with Crippen molar-refractivity contribution in [1.82, 2.24) is 0 Å². The first kappa shape index (κ1) is 12.3. The molecule has 1 N–H and O–H groups in total. The van der Waals surface area contributed by atoms with Crippen LogP contribution in [0.2, 0.25) is 0 Å². The topological polar surface area (TPSA) is 12.0 Å². The Morgan fingerprint density at radius 2 is 1.74 bits per heavy atom. The quantitative estimate of drug-likeness (QED) is 0.836. The largest absolute Gasteiger partial charge is 0.382 e. The van der Waals surface area contributed by atoms with Crippen molar-refractivity contribution >= 4 is 5.69 Å². The molecule has 0 radical (unpaired) electrons. The van der Waals surface area contributed by atoms with Crippen molar-refractivity contribution in [3.8, 4) is 0 Å². The van der Waals surface area contributed by atoms with Crippen molar-refractivity contribution in [2.24, 2.45) is 0 Å². The van der Waals surface area contributed by atoms with Crippen LogP contribution in [-0.2, 0) is 0 Å². The molecule has 0 spiro atoms. The van der Waals surface area contributed by atoms with Crippen LogP contribution in [0.15, 0.2) is 48.5 Å². The molecule has 1 heteroatoms. The molecule has 1 nitrogen and oxygen atoms in total. The molecule has 0 bridgehead atoms. The summed E-state index contributed by atoms with van der Waals surface area (Å²) in [5.41, 5.74) is 5.49. The second-order valence-electron chi connectivity index (χ2n) is 5.74. The lowest BCUT2D eigenvalue weighted by molar-refractivity contribution is 0.374. The number of aryl methyl sites for hydroxylation is 2. The molecule has 1 saturated carbocycles. The summed E-state index contributed by atoms with van der Waals surface area (Å²) in [4.78, 5) is 0. The van der Waals surface area contributed by atoms with Crippen molar-refractivity contribution in [3.63, 3.8) is 0 Å². The van der Waals surface area contributed by atoms with Crippen LogP contribution in [0.4, 0.5) is 5.69 Å². The third-order valence-corrected chi connectivity index (χ3v) is 4.16. The first-order valence-electron chi connectivity index (χ1n) is 7.11. The number of hydrogen-bond donors (Lipinski definition) is 1. The average molecular weight is 251 g/mol. The summed E-state index contributed by atoms with van der Waals surface area (Å²) in [5, 5.41) is 3.66. The molecule has 1 fully saturated rings. The van der Waals surface area contributed by atoms with Gasteiger partial charge >= 0.3 is 0 Å². The van der Waals surface area contributed by atoms with Crippen LogP contribution in [0.3, 0.4) is 0 Å². The summed E-state index contributed by atoms with van der Waals surface area (Å²) in [5.74, 6) is 0.737. The minimum Gasteiger partial charge on any atom is -0.382 e. The fourth-order valence-electron chi connectivity index (χ4n) is 2.89. The van der Waals surface area contributed by atoms with Gasteiger partial charge in [-0.15, -0.1) is 0 Å². The molecule has 0 atom stereocenters. The number of benzene rings is 2. The molecule has 2 aromatic rings. The van der Waals surface area contributed by atoms with Crippen LogP contribution in [0.1, 0.15) is 35.4 Å². The van der Waals surface area contributed by atoms with Gasteiger partial charge in [-0.1, -0.05) is 48.0 Å². The summed E-state index contributed by atoms with van der Waals surface area (Å²) < 4.78 is 0. The summed E-state index contributed by atoms with van der Waals surface area (Å²) >= 11 is 0. The molecular formula is C18H21N. The molecule has 2 aromatic carbocycles. The van der Waals surface area contributed by atoms with Gasteiger partial charge in [0.1, 0.15) is 0 Å². The minimum atomic E-state index is 0.631. The molecule has 0 heterocycles. The van der Waals surface area contributed by atoms with E-state index in [0.717, 1.165) is 5.92 Å². The Morgan fingerprint density at radius 1 is 0.947 bits per heavy atom. The SMILES string of the molecule is Cc1cccc(C2CC(Nc3ccccc3C)C2)c1. The van der Waals surface area contributed by atoms with Gasteiger partial charge in [0.05, 0.1) is 0 Å². The van der Waals surface area contributed by atoms with Gasteiger partial charge in [-0.05, 0) is 49.8 Å². The Hall–Kier alpha value is -1.76. The lowest BCUT2D eigenvalue weighted by Gasteiger charge is -2.37. The highest BCUT2D eigenvalue weighted by molar-refractivity contribution is 5.51. The van der Waals surface area contributed by atoms with Crippen LogP contribution in [0, 0.1) is 13.8 Å². The van der Waals surface area contributed by atoms with Crippen molar-refractivity contribution in [2.75, 3.05) is 5.32 Å². The molecule has 0 unspecified atom stereocenters. The second kappa shape index (κ2) is 5.08. The molecule has 0 aliphatic heterocycles. The molecule has 0 saturated heterocycles. The van der Waals surface area contributed by atoms with Gasteiger partial charge in [0, 0.05) is 11.7 Å². The van der Waals surface area contributed by atoms with Gasteiger partial charge in [0.2, 0.25) is 0 Å². The van der Waals surface area contributed by atoms with E-state index in [9.17, 15) is 0 Å². The number of rotatable bonds is 3. The molecule has 1 aliphatic rings.